The molecule has 0 aliphatic rings. The first kappa shape index (κ1) is 13.6. The van der Waals surface area contributed by atoms with Gasteiger partial charge in [-0.05, 0) is 31.5 Å². The molecule has 0 saturated carbocycles. The van der Waals surface area contributed by atoms with Gasteiger partial charge in [0.1, 0.15) is 0 Å². The van der Waals surface area contributed by atoms with Gasteiger partial charge < -0.3 is 10.2 Å². The number of nitrogens with one attached hydrogen (secondary N) is 1. The van der Waals surface area contributed by atoms with Gasteiger partial charge in [0.25, 0.3) is 0 Å². The molecule has 1 aromatic rings. The molecule has 94 valence electrons. The average molecular weight is 235 g/mol. The number of hydrogen-bond acceptors (Lipinski definition) is 3. The van der Waals surface area contributed by atoms with E-state index in [0.29, 0.717) is 6.42 Å². The monoisotopic (exact) mass is 235 g/mol. The SMILES string of the molecule is C[C@H](NCCCC(=O)N(C)C)c1cccnc1. The number of pyridine rings is 1. The number of amides is 1. The number of hydrogen-bond donors (Lipinski definition) is 1. The second-order valence-electron chi connectivity index (χ2n) is 4.35. The second-order valence-corrected chi connectivity index (χ2v) is 4.35. The van der Waals surface area contributed by atoms with Crippen molar-refractivity contribution in [2.24, 2.45) is 0 Å². The zero-order valence-corrected chi connectivity index (χ0v) is 10.8. The Hall–Kier alpha value is -1.42. The maximum Gasteiger partial charge on any atom is 0.222 e. The van der Waals surface area contributed by atoms with Crippen LogP contribution in [0.15, 0.2) is 24.5 Å². The molecule has 0 bridgehead atoms. The Morgan fingerprint density at radius 3 is 2.88 bits per heavy atom. The van der Waals surface area contributed by atoms with Crippen LogP contribution in [0.5, 0.6) is 0 Å². The lowest BCUT2D eigenvalue weighted by atomic mass is 10.1. The summed E-state index contributed by atoms with van der Waals surface area (Å²) in [5, 5.41) is 3.38. The maximum absolute atomic E-state index is 11.3. The molecule has 0 saturated heterocycles. The first-order chi connectivity index (χ1) is 8.11. The van der Waals surface area contributed by atoms with Crippen molar-refractivity contribution in [1.29, 1.82) is 0 Å². The highest BCUT2D eigenvalue weighted by molar-refractivity contribution is 5.75. The number of nitrogens with zero attached hydrogens (tertiary/aromatic N) is 2. The molecule has 1 rings (SSSR count). The van der Waals surface area contributed by atoms with Gasteiger partial charge in [-0.3, -0.25) is 9.78 Å². The van der Waals surface area contributed by atoms with Crippen molar-refractivity contribution in [2.45, 2.75) is 25.8 Å². The van der Waals surface area contributed by atoms with Crippen molar-refractivity contribution in [3.05, 3.63) is 30.1 Å². The van der Waals surface area contributed by atoms with Crippen molar-refractivity contribution in [3.63, 3.8) is 0 Å². The van der Waals surface area contributed by atoms with Crippen LogP contribution in [-0.2, 0) is 4.79 Å². The first-order valence-corrected chi connectivity index (χ1v) is 5.94. The quantitative estimate of drug-likeness (QED) is 0.762. The highest BCUT2D eigenvalue weighted by atomic mass is 16.2. The molecule has 4 heteroatoms. The van der Waals surface area contributed by atoms with Crippen LogP contribution in [0.3, 0.4) is 0 Å². The minimum atomic E-state index is 0.181. The van der Waals surface area contributed by atoms with E-state index in [1.165, 1.54) is 5.56 Å². The summed E-state index contributed by atoms with van der Waals surface area (Å²) in [5.74, 6) is 0.181. The largest absolute Gasteiger partial charge is 0.349 e. The van der Waals surface area contributed by atoms with E-state index >= 15 is 0 Å². The number of carbonyl (C=O) groups is 1. The third-order valence-electron chi connectivity index (χ3n) is 2.70. The van der Waals surface area contributed by atoms with Crippen molar-refractivity contribution in [2.75, 3.05) is 20.6 Å². The summed E-state index contributed by atoms with van der Waals surface area (Å²) in [6.45, 7) is 2.94. The Bertz CT molecular complexity index is 338. The molecule has 0 fully saturated rings. The highest BCUT2D eigenvalue weighted by Crippen LogP contribution is 2.09. The molecule has 0 spiro atoms. The lowest BCUT2D eigenvalue weighted by Crippen LogP contribution is -2.24. The van der Waals surface area contributed by atoms with Crippen molar-refractivity contribution in [1.82, 2.24) is 15.2 Å². The van der Waals surface area contributed by atoms with Crippen LogP contribution in [-0.4, -0.2) is 36.4 Å². The van der Waals surface area contributed by atoms with E-state index in [1.54, 1.807) is 25.2 Å². The van der Waals surface area contributed by atoms with Gasteiger partial charge in [-0.15, -0.1) is 0 Å². The van der Waals surface area contributed by atoms with Gasteiger partial charge in [-0.2, -0.15) is 0 Å². The van der Waals surface area contributed by atoms with E-state index in [0.717, 1.165) is 13.0 Å². The normalized spacial score (nSPS) is 12.2. The molecular formula is C13H21N3O. The Balaban J connectivity index is 2.21. The molecule has 0 aromatic carbocycles. The van der Waals surface area contributed by atoms with Gasteiger partial charge >= 0.3 is 0 Å². The molecule has 1 N–H and O–H groups in total. The van der Waals surface area contributed by atoms with Gasteiger partial charge in [0.05, 0.1) is 0 Å². The summed E-state index contributed by atoms with van der Waals surface area (Å²) in [7, 11) is 3.57. The molecule has 1 amide bonds. The molecular weight excluding hydrogens is 214 g/mol. The molecule has 1 aromatic heterocycles. The van der Waals surface area contributed by atoms with Gasteiger partial charge in [0.2, 0.25) is 5.91 Å². The van der Waals surface area contributed by atoms with Gasteiger partial charge in [0, 0.05) is 39.0 Å². The summed E-state index contributed by atoms with van der Waals surface area (Å²) in [6.07, 6.45) is 5.09. The van der Waals surface area contributed by atoms with E-state index in [1.807, 2.05) is 12.3 Å². The molecule has 0 aliphatic carbocycles. The standard InChI is InChI=1S/C13H21N3O/c1-11(12-6-4-8-14-10-12)15-9-5-7-13(17)16(2)3/h4,6,8,10-11,15H,5,7,9H2,1-3H3/t11-/m0/s1. The van der Waals surface area contributed by atoms with Gasteiger partial charge in [-0.25, -0.2) is 0 Å². The highest BCUT2D eigenvalue weighted by Gasteiger charge is 2.06. The van der Waals surface area contributed by atoms with Gasteiger partial charge in [-0.1, -0.05) is 6.07 Å². The zero-order chi connectivity index (χ0) is 12.7. The predicted molar refractivity (Wildman–Crippen MR) is 68.6 cm³/mol. The van der Waals surface area contributed by atoms with Crippen LogP contribution in [0, 0.1) is 0 Å². The lowest BCUT2D eigenvalue weighted by molar-refractivity contribution is -0.128. The van der Waals surface area contributed by atoms with Crippen LogP contribution < -0.4 is 5.32 Å². The minimum absolute atomic E-state index is 0.181. The fraction of sp³-hybridized carbons (Fsp3) is 0.538. The molecule has 4 nitrogen and oxygen atoms in total. The molecule has 1 atom stereocenters. The topological polar surface area (TPSA) is 45.2 Å². The zero-order valence-electron chi connectivity index (χ0n) is 10.8. The van der Waals surface area contributed by atoms with Crippen LogP contribution in [0.4, 0.5) is 0 Å². The lowest BCUT2D eigenvalue weighted by Gasteiger charge is -2.14. The summed E-state index contributed by atoms with van der Waals surface area (Å²) in [6, 6.07) is 4.26. The van der Waals surface area contributed by atoms with E-state index in [4.69, 9.17) is 0 Å². The Morgan fingerprint density at radius 1 is 1.53 bits per heavy atom. The van der Waals surface area contributed by atoms with Crippen LogP contribution >= 0.6 is 0 Å². The second kappa shape index (κ2) is 7.01. The van der Waals surface area contributed by atoms with Crippen molar-refractivity contribution in [3.8, 4) is 0 Å². The number of aromatic nitrogens is 1. The smallest absolute Gasteiger partial charge is 0.222 e. The van der Waals surface area contributed by atoms with Gasteiger partial charge in [0.15, 0.2) is 0 Å². The minimum Gasteiger partial charge on any atom is -0.349 e. The van der Waals surface area contributed by atoms with E-state index in [-0.39, 0.29) is 11.9 Å². The van der Waals surface area contributed by atoms with E-state index < -0.39 is 0 Å². The molecule has 0 unspecified atom stereocenters. The maximum atomic E-state index is 11.3. The molecule has 17 heavy (non-hydrogen) atoms. The summed E-state index contributed by atoms with van der Waals surface area (Å²) in [5.41, 5.74) is 1.17. The van der Waals surface area contributed by atoms with Crippen LogP contribution in [0.1, 0.15) is 31.4 Å². The third-order valence-corrected chi connectivity index (χ3v) is 2.70. The fourth-order valence-electron chi connectivity index (χ4n) is 1.53. The van der Waals surface area contributed by atoms with Crippen molar-refractivity contribution < 1.29 is 4.79 Å². The summed E-state index contributed by atoms with van der Waals surface area (Å²) < 4.78 is 0. The molecule has 1 heterocycles. The molecule has 0 aliphatic heterocycles. The first-order valence-electron chi connectivity index (χ1n) is 5.94. The van der Waals surface area contributed by atoms with Crippen molar-refractivity contribution >= 4 is 5.91 Å². The Kier molecular flexibility index (Phi) is 5.63. The Morgan fingerprint density at radius 2 is 2.29 bits per heavy atom. The Labute approximate surface area is 103 Å². The molecule has 0 radical (unpaired) electrons. The van der Waals surface area contributed by atoms with Crippen LogP contribution in [0.25, 0.3) is 0 Å². The number of rotatable bonds is 6. The summed E-state index contributed by atoms with van der Waals surface area (Å²) >= 11 is 0. The summed E-state index contributed by atoms with van der Waals surface area (Å²) in [4.78, 5) is 17.1. The van der Waals surface area contributed by atoms with E-state index in [9.17, 15) is 4.79 Å². The van der Waals surface area contributed by atoms with E-state index in [2.05, 4.69) is 23.3 Å². The predicted octanol–water partition coefficient (Wildman–Crippen LogP) is 1.60. The number of carbonyl (C=O) groups excluding carboxylic acids is 1. The fourth-order valence-corrected chi connectivity index (χ4v) is 1.53. The van der Waals surface area contributed by atoms with Crippen LogP contribution in [0.2, 0.25) is 0 Å². The third kappa shape index (κ3) is 4.95. The average Bonchev–Trinajstić information content (AvgIpc) is 2.35.